The SMILES string of the molecule is CC(C)C[C@@H](NS(=O)(=O)c1ccccc1)C(=O)NC(C(=O)[C@@H]1CCCN1)c1ccc(CN)s1.Cl. The third-order valence-electron chi connectivity index (χ3n) is 5.52. The molecule has 2 heterocycles. The monoisotopic (exact) mass is 528 g/mol. The van der Waals surface area contributed by atoms with Gasteiger partial charge in [0.15, 0.2) is 5.78 Å². The number of nitrogens with two attached hydrogens (primary N) is 1. The minimum absolute atomic E-state index is 0. The van der Waals surface area contributed by atoms with Crippen molar-refractivity contribution in [3.05, 3.63) is 52.2 Å². The van der Waals surface area contributed by atoms with Gasteiger partial charge in [-0.2, -0.15) is 4.72 Å². The number of amides is 1. The quantitative estimate of drug-likeness (QED) is 0.354. The standard InChI is InChI=1S/C23H32N4O4S2.ClH/c1-15(2)13-19(27-33(30,31)17-7-4-3-5-8-17)23(29)26-21(20-11-10-16(14-24)32-20)22(28)18-9-6-12-25-18;/h3-5,7-8,10-11,15,18-19,21,25,27H,6,9,12-14,24H2,1-2H3,(H,26,29);1H/t18-,19+,21?;/m0./s1. The van der Waals surface area contributed by atoms with Gasteiger partial charge in [-0.1, -0.05) is 32.0 Å². The Hall–Kier alpha value is -1.82. The Kier molecular flexibility index (Phi) is 10.7. The fourth-order valence-electron chi connectivity index (χ4n) is 3.85. The van der Waals surface area contributed by atoms with Gasteiger partial charge in [0.1, 0.15) is 12.1 Å². The van der Waals surface area contributed by atoms with E-state index in [2.05, 4.69) is 15.4 Å². The van der Waals surface area contributed by atoms with Gasteiger partial charge in [-0.05, 0) is 56.0 Å². The van der Waals surface area contributed by atoms with Crippen molar-refractivity contribution in [2.24, 2.45) is 11.7 Å². The zero-order chi connectivity index (χ0) is 24.0. The van der Waals surface area contributed by atoms with Gasteiger partial charge in [0.25, 0.3) is 0 Å². The summed E-state index contributed by atoms with van der Waals surface area (Å²) in [5, 5.41) is 6.03. The average Bonchev–Trinajstić information content (AvgIpc) is 3.49. The predicted molar refractivity (Wildman–Crippen MR) is 136 cm³/mol. The molecule has 1 amide bonds. The van der Waals surface area contributed by atoms with Crippen molar-refractivity contribution >= 4 is 45.5 Å². The average molecular weight is 529 g/mol. The molecular formula is C23H33ClN4O4S2. The molecule has 1 aromatic carbocycles. The fraction of sp³-hybridized carbons (Fsp3) is 0.478. The van der Waals surface area contributed by atoms with Crippen molar-refractivity contribution in [2.75, 3.05) is 6.54 Å². The third-order valence-corrected chi connectivity index (χ3v) is 8.18. The predicted octanol–water partition coefficient (Wildman–Crippen LogP) is 2.50. The van der Waals surface area contributed by atoms with Crippen LogP contribution in [0, 0.1) is 5.92 Å². The number of ketones is 1. The lowest BCUT2D eigenvalue weighted by molar-refractivity contribution is -0.129. The highest BCUT2D eigenvalue weighted by atomic mass is 35.5. The van der Waals surface area contributed by atoms with Crippen molar-refractivity contribution in [3.63, 3.8) is 0 Å². The second-order valence-electron chi connectivity index (χ2n) is 8.62. The van der Waals surface area contributed by atoms with Gasteiger partial charge >= 0.3 is 0 Å². The smallest absolute Gasteiger partial charge is 0.241 e. The molecule has 3 rings (SSSR count). The zero-order valence-corrected chi connectivity index (χ0v) is 21.8. The molecule has 1 saturated heterocycles. The van der Waals surface area contributed by atoms with Gasteiger partial charge in [0.05, 0.1) is 10.9 Å². The Labute approximate surface area is 211 Å². The molecule has 1 aliphatic heterocycles. The molecule has 0 spiro atoms. The van der Waals surface area contributed by atoms with Gasteiger partial charge in [-0.15, -0.1) is 23.7 Å². The van der Waals surface area contributed by atoms with E-state index in [0.717, 1.165) is 17.8 Å². The van der Waals surface area contributed by atoms with Crippen LogP contribution in [0.4, 0.5) is 0 Å². The fourth-order valence-corrected chi connectivity index (χ4v) is 6.03. The van der Waals surface area contributed by atoms with Gasteiger partial charge in [0, 0.05) is 16.3 Å². The number of thiophene rings is 1. The van der Waals surface area contributed by atoms with Crippen molar-refractivity contribution in [2.45, 2.75) is 62.7 Å². The molecule has 5 N–H and O–H groups in total. The number of Topliss-reactive ketones (excluding diaryl/α,β-unsaturated/α-hetero) is 1. The van der Waals surface area contributed by atoms with Gasteiger partial charge in [0.2, 0.25) is 15.9 Å². The second kappa shape index (κ2) is 12.8. The largest absolute Gasteiger partial charge is 0.340 e. The van der Waals surface area contributed by atoms with Crippen LogP contribution in [0.1, 0.15) is 48.9 Å². The summed E-state index contributed by atoms with van der Waals surface area (Å²) in [4.78, 5) is 28.3. The number of hydrogen-bond acceptors (Lipinski definition) is 7. The maximum absolute atomic E-state index is 13.3. The van der Waals surface area contributed by atoms with E-state index in [1.807, 2.05) is 19.9 Å². The summed E-state index contributed by atoms with van der Waals surface area (Å²) in [6.45, 7) is 4.92. The van der Waals surface area contributed by atoms with Crippen molar-refractivity contribution in [1.29, 1.82) is 0 Å². The Morgan fingerprint density at radius 3 is 2.44 bits per heavy atom. The number of nitrogens with one attached hydrogen (secondary N) is 3. The van der Waals surface area contributed by atoms with Crippen LogP contribution in [0.2, 0.25) is 0 Å². The first-order valence-electron chi connectivity index (χ1n) is 11.1. The van der Waals surface area contributed by atoms with Crippen molar-refractivity contribution in [1.82, 2.24) is 15.4 Å². The summed E-state index contributed by atoms with van der Waals surface area (Å²) in [7, 11) is -3.91. The molecule has 3 atom stereocenters. The Morgan fingerprint density at radius 1 is 1.18 bits per heavy atom. The van der Waals surface area contributed by atoms with Crippen LogP contribution < -0.4 is 21.1 Å². The van der Waals surface area contributed by atoms with E-state index in [1.165, 1.54) is 23.5 Å². The number of hydrogen-bond donors (Lipinski definition) is 4. The molecule has 188 valence electrons. The van der Waals surface area contributed by atoms with Crippen LogP contribution in [-0.4, -0.2) is 38.7 Å². The lowest BCUT2D eigenvalue weighted by atomic mass is 10.00. The van der Waals surface area contributed by atoms with Crippen LogP contribution in [-0.2, 0) is 26.2 Å². The summed E-state index contributed by atoms with van der Waals surface area (Å²) >= 11 is 1.38. The molecule has 1 aliphatic rings. The number of carbonyl (C=O) groups is 2. The third kappa shape index (κ3) is 7.34. The highest BCUT2D eigenvalue weighted by Gasteiger charge is 2.35. The molecule has 1 fully saturated rings. The molecule has 0 bridgehead atoms. The maximum atomic E-state index is 13.3. The van der Waals surface area contributed by atoms with E-state index in [4.69, 9.17) is 5.73 Å². The number of rotatable bonds is 11. The Bertz CT molecular complexity index is 1050. The molecule has 1 aromatic heterocycles. The molecule has 34 heavy (non-hydrogen) atoms. The molecule has 2 aromatic rings. The minimum Gasteiger partial charge on any atom is -0.340 e. The van der Waals surface area contributed by atoms with Crippen molar-refractivity contribution < 1.29 is 18.0 Å². The molecule has 0 aliphatic carbocycles. The van der Waals surface area contributed by atoms with E-state index in [0.29, 0.717) is 24.3 Å². The van der Waals surface area contributed by atoms with Crippen molar-refractivity contribution in [3.8, 4) is 0 Å². The first-order valence-corrected chi connectivity index (χ1v) is 13.4. The molecule has 11 heteroatoms. The van der Waals surface area contributed by atoms with E-state index < -0.39 is 28.0 Å². The van der Waals surface area contributed by atoms with Crippen LogP contribution in [0.25, 0.3) is 0 Å². The number of halogens is 1. The summed E-state index contributed by atoms with van der Waals surface area (Å²) < 4.78 is 28.3. The van der Waals surface area contributed by atoms with E-state index >= 15 is 0 Å². The van der Waals surface area contributed by atoms with Crippen LogP contribution in [0.3, 0.4) is 0 Å². The first kappa shape index (κ1) is 28.4. The summed E-state index contributed by atoms with van der Waals surface area (Å²) in [6.07, 6.45) is 1.89. The summed E-state index contributed by atoms with van der Waals surface area (Å²) in [5.41, 5.74) is 5.74. The lowest BCUT2D eigenvalue weighted by Crippen LogP contribution is -2.50. The van der Waals surface area contributed by atoms with Crippen LogP contribution in [0.5, 0.6) is 0 Å². The maximum Gasteiger partial charge on any atom is 0.241 e. The topological polar surface area (TPSA) is 130 Å². The summed E-state index contributed by atoms with van der Waals surface area (Å²) in [6, 6.07) is 9.35. The van der Waals surface area contributed by atoms with Gasteiger partial charge in [-0.25, -0.2) is 8.42 Å². The number of sulfonamides is 1. The molecule has 1 unspecified atom stereocenters. The van der Waals surface area contributed by atoms with Crippen LogP contribution >= 0.6 is 23.7 Å². The van der Waals surface area contributed by atoms with E-state index in [-0.39, 0.29) is 35.0 Å². The normalized spacial score (nSPS) is 17.7. The second-order valence-corrected chi connectivity index (χ2v) is 11.5. The summed E-state index contributed by atoms with van der Waals surface area (Å²) in [5.74, 6) is -0.599. The minimum atomic E-state index is -3.91. The highest BCUT2D eigenvalue weighted by Crippen LogP contribution is 2.27. The molecule has 0 radical (unpaired) electrons. The van der Waals surface area contributed by atoms with Gasteiger partial charge in [-0.3, -0.25) is 9.59 Å². The molecule has 0 saturated carbocycles. The Morgan fingerprint density at radius 2 is 1.88 bits per heavy atom. The number of benzene rings is 1. The zero-order valence-electron chi connectivity index (χ0n) is 19.3. The van der Waals surface area contributed by atoms with E-state index in [9.17, 15) is 18.0 Å². The lowest BCUT2D eigenvalue weighted by Gasteiger charge is -2.25. The van der Waals surface area contributed by atoms with Crippen LogP contribution in [0.15, 0.2) is 47.4 Å². The van der Waals surface area contributed by atoms with E-state index in [1.54, 1.807) is 24.3 Å². The molecular weight excluding hydrogens is 496 g/mol. The number of carbonyl (C=O) groups excluding carboxylic acids is 2. The van der Waals surface area contributed by atoms with Gasteiger partial charge < -0.3 is 16.4 Å². The molecule has 8 nitrogen and oxygen atoms in total. The Balaban J connectivity index is 0.00000408. The highest BCUT2D eigenvalue weighted by molar-refractivity contribution is 7.89. The first-order chi connectivity index (χ1) is 15.7.